The fourth-order valence-corrected chi connectivity index (χ4v) is 1.22. The molecular weight excluding hydrogens is 230 g/mol. The van der Waals surface area contributed by atoms with Crippen molar-refractivity contribution in [3.63, 3.8) is 0 Å². The van der Waals surface area contributed by atoms with Crippen molar-refractivity contribution in [2.45, 2.75) is 13.3 Å². The van der Waals surface area contributed by atoms with E-state index in [4.69, 9.17) is 0 Å². The molecule has 0 unspecified atom stereocenters. The molecule has 4 heteroatoms. The highest BCUT2D eigenvalue weighted by Gasteiger charge is 2.10. The van der Waals surface area contributed by atoms with E-state index >= 15 is 0 Å². The Hall–Kier alpha value is -2.23. The predicted molar refractivity (Wildman–Crippen MR) is 68.8 cm³/mol. The summed E-state index contributed by atoms with van der Waals surface area (Å²) in [5.41, 5.74) is 0.844. The first-order valence-electron chi connectivity index (χ1n) is 5.70. The van der Waals surface area contributed by atoms with Crippen LogP contribution in [0.5, 0.6) is 0 Å². The number of nitrogens with one attached hydrogen (secondary N) is 1. The van der Waals surface area contributed by atoms with E-state index in [1.54, 1.807) is 13.0 Å². The van der Waals surface area contributed by atoms with Crippen molar-refractivity contribution in [1.82, 2.24) is 5.32 Å². The lowest BCUT2D eigenvalue weighted by Gasteiger charge is -1.99. The molecule has 0 saturated carbocycles. The zero-order chi connectivity index (χ0) is 13.4. The minimum Gasteiger partial charge on any atom is -0.349 e. The van der Waals surface area contributed by atoms with Crippen molar-refractivity contribution >= 4 is 23.5 Å². The van der Waals surface area contributed by atoms with Crippen LogP contribution in [0.25, 0.3) is 6.08 Å². The van der Waals surface area contributed by atoms with Gasteiger partial charge in [0, 0.05) is 6.42 Å². The first kappa shape index (κ1) is 13.8. The van der Waals surface area contributed by atoms with Gasteiger partial charge in [-0.05, 0) is 11.6 Å². The Balaban J connectivity index is 2.48. The highest BCUT2D eigenvalue weighted by atomic mass is 16.2. The van der Waals surface area contributed by atoms with Crippen LogP contribution in [0.3, 0.4) is 0 Å². The molecule has 0 radical (unpaired) electrons. The van der Waals surface area contributed by atoms with E-state index in [0.29, 0.717) is 6.42 Å². The van der Waals surface area contributed by atoms with E-state index in [-0.39, 0.29) is 12.5 Å². The molecule has 1 amide bonds. The monoisotopic (exact) mass is 245 g/mol. The summed E-state index contributed by atoms with van der Waals surface area (Å²) in [6, 6.07) is 9.20. The van der Waals surface area contributed by atoms with Crippen molar-refractivity contribution in [2.75, 3.05) is 6.54 Å². The van der Waals surface area contributed by atoms with Crippen LogP contribution >= 0.6 is 0 Å². The summed E-state index contributed by atoms with van der Waals surface area (Å²) < 4.78 is 0. The fraction of sp³-hybridized carbons (Fsp3) is 0.214. The number of carbonyl (C=O) groups excluding carboxylic acids is 3. The molecule has 1 N–H and O–H groups in total. The Bertz CT molecular complexity index is 463. The number of Topliss-reactive ketones (excluding diaryl/α,β-unsaturated/α-hetero) is 1. The molecular formula is C14H15NO3. The number of hydrogen-bond donors (Lipinski definition) is 1. The molecule has 0 aliphatic carbocycles. The van der Waals surface area contributed by atoms with Gasteiger partial charge in [-0.15, -0.1) is 0 Å². The minimum absolute atomic E-state index is 0.245. The number of hydrogen-bond acceptors (Lipinski definition) is 3. The summed E-state index contributed by atoms with van der Waals surface area (Å²) in [5.74, 6) is -1.48. The van der Waals surface area contributed by atoms with E-state index < -0.39 is 11.6 Å². The Kier molecular flexibility index (Phi) is 5.51. The van der Waals surface area contributed by atoms with Crippen molar-refractivity contribution in [3.8, 4) is 0 Å². The second-order valence-electron chi connectivity index (χ2n) is 3.66. The van der Waals surface area contributed by atoms with Gasteiger partial charge in [-0.3, -0.25) is 14.4 Å². The average molecular weight is 245 g/mol. The van der Waals surface area contributed by atoms with Crippen LogP contribution in [0.15, 0.2) is 36.4 Å². The third-order valence-electron chi connectivity index (χ3n) is 2.27. The molecule has 1 rings (SSSR count). The topological polar surface area (TPSA) is 63.2 Å². The number of carbonyl (C=O) groups is 3. The number of rotatable bonds is 6. The third kappa shape index (κ3) is 4.74. The third-order valence-corrected chi connectivity index (χ3v) is 2.27. The summed E-state index contributed by atoms with van der Waals surface area (Å²) in [6.45, 7) is 1.43. The van der Waals surface area contributed by atoms with Gasteiger partial charge in [-0.1, -0.05) is 43.3 Å². The van der Waals surface area contributed by atoms with E-state index in [2.05, 4.69) is 5.32 Å². The van der Waals surface area contributed by atoms with Crippen molar-refractivity contribution in [2.24, 2.45) is 0 Å². The van der Waals surface area contributed by atoms with Crippen molar-refractivity contribution < 1.29 is 14.4 Å². The van der Waals surface area contributed by atoms with Gasteiger partial charge < -0.3 is 5.32 Å². The van der Waals surface area contributed by atoms with Crippen LogP contribution in [0.4, 0.5) is 0 Å². The molecule has 4 nitrogen and oxygen atoms in total. The molecule has 1 aromatic rings. The molecule has 18 heavy (non-hydrogen) atoms. The number of allylic oxidation sites excluding steroid dienone is 1. The lowest BCUT2D eigenvalue weighted by molar-refractivity contribution is -0.134. The maximum Gasteiger partial charge on any atom is 0.223 e. The van der Waals surface area contributed by atoms with Crippen LogP contribution < -0.4 is 5.32 Å². The highest BCUT2D eigenvalue weighted by Crippen LogP contribution is 2.00. The fourth-order valence-electron chi connectivity index (χ4n) is 1.22. The van der Waals surface area contributed by atoms with Gasteiger partial charge in [0.2, 0.25) is 17.5 Å². The Morgan fingerprint density at radius 3 is 2.44 bits per heavy atom. The van der Waals surface area contributed by atoms with Gasteiger partial charge in [0.05, 0.1) is 6.54 Å². The molecule has 0 atom stereocenters. The number of ketones is 2. The zero-order valence-corrected chi connectivity index (χ0v) is 10.2. The van der Waals surface area contributed by atoms with E-state index in [9.17, 15) is 14.4 Å². The highest BCUT2D eigenvalue weighted by molar-refractivity contribution is 6.43. The van der Waals surface area contributed by atoms with Gasteiger partial charge in [-0.2, -0.15) is 0 Å². The summed E-state index contributed by atoms with van der Waals surface area (Å²) in [7, 11) is 0. The van der Waals surface area contributed by atoms with Gasteiger partial charge >= 0.3 is 0 Å². The lowest BCUT2D eigenvalue weighted by atomic mass is 10.1. The predicted octanol–water partition coefficient (Wildman–Crippen LogP) is 1.36. The second-order valence-corrected chi connectivity index (χ2v) is 3.66. The molecule has 0 aliphatic heterocycles. The Morgan fingerprint density at radius 2 is 1.83 bits per heavy atom. The SMILES string of the molecule is CCC(=O)NCC(=O)C(=O)/C=C/c1ccccc1. The number of benzene rings is 1. The number of amides is 1. The summed E-state index contributed by atoms with van der Waals surface area (Å²) in [6.07, 6.45) is 3.08. The summed E-state index contributed by atoms with van der Waals surface area (Å²) in [5, 5.41) is 2.37. The quantitative estimate of drug-likeness (QED) is 0.608. The lowest BCUT2D eigenvalue weighted by Crippen LogP contribution is -2.32. The summed E-state index contributed by atoms with van der Waals surface area (Å²) in [4.78, 5) is 33.7. The van der Waals surface area contributed by atoms with Crippen LogP contribution in [0, 0.1) is 0 Å². The maximum absolute atomic E-state index is 11.4. The largest absolute Gasteiger partial charge is 0.349 e. The van der Waals surface area contributed by atoms with Crippen LogP contribution in [-0.2, 0) is 14.4 Å². The maximum atomic E-state index is 11.4. The van der Waals surface area contributed by atoms with Crippen LogP contribution in [0.2, 0.25) is 0 Å². The molecule has 1 aromatic carbocycles. The first-order chi connectivity index (χ1) is 8.63. The molecule has 0 fully saturated rings. The van der Waals surface area contributed by atoms with E-state index in [0.717, 1.165) is 5.56 Å². The van der Waals surface area contributed by atoms with Crippen LogP contribution in [0.1, 0.15) is 18.9 Å². The Morgan fingerprint density at radius 1 is 1.17 bits per heavy atom. The van der Waals surface area contributed by atoms with Gasteiger partial charge in [0.15, 0.2) is 0 Å². The molecule has 0 aliphatic rings. The molecule has 0 saturated heterocycles. The molecule has 0 bridgehead atoms. The zero-order valence-electron chi connectivity index (χ0n) is 10.2. The smallest absolute Gasteiger partial charge is 0.223 e. The standard InChI is InChI=1S/C14H15NO3/c1-2-14(18)15-10-13(17)12(16)9-8-11-6-4-3-5-7-11/h3-9H,2,10H2,1H3,(H,15,18)/b9-8+. The Labute approximate surface area is 106 Å². The first-order valence-corrected chi connectivity index (χ1v) is 5.70. The molecule has 0 aromatic heterocycles. The van der Waals surface area contributed by atoms with Crippen molar-refractivity contribution in [3.05, 3.63) is 42.0 Å². The molecule has 0 spiro atoms. The summed E-state index contributed by atoms with van der Waals surface area (Å²) >= 11 is 0. The van der Waals surface area contributed by atoms with Crippen molar-refractivity contribution in [1.29, 1.82) is 0 Å². The molecule has 94 valence electrons. The normalized spacial score (nSPS) is 10.3. The second kappa shape index (κ2) is 7.17. The van der Waals surface area contributed by atoms with Gasteiger partial charge in [0.25, 0.3) is 0 Å². The van der Waals surface area contributed by atoms with E-state index in [1.165, 1.54) is 6.08 Å². The van der Waals surface area contributed by atoms with E-state index in [1.807, 2.05) is 30.3 Å². The molecule has 0 heterocycles. The minimum atomic E-state index is -0.621. The van der Waals surface area contributed by atoms with Gasteiger partial charge in [-0.25, -0.2) is 0 Å². The van der Waals surface area contributed by atoms with Gasteiger partial charge in [0.1, 0.15) is 0 Å². The average Bonchev–Trinajstić information content (AvgIpc) is 2.42. The van der Waals surface area contributed by atoms with Crippen LogP contribution in [-0.4, -0.2) is 24.0 Å².